The molecule has 0 bridgehead atoms. The van der Waals surface area contributed by atoms with Crippen molar-refractivity contribution >= 4 is 0 Å². The molecular weight excluding hydrogens is 458 g/mol. The molecule has 0 spiro atoms. The number of rotatable bonds is 4. The van der Waals surface area contributed by atoms with Crippen molar-refractivity contribution in [2.24, 2.45) is 0 Å². The van der Waals surface area contributed by atoms with E-state index in [1.165, 1.54) is 22.3 Å². The van der Waals surface area contributed by atoms with Crippen molar-refractivity contribution in [3.05, 3.63) is 89.1 Å². The topological polar surface area (TPSA) is 12.9 Å². The summed E-state index contributed by atoms with van der Waals surface area (Å²) >= 11 is 0. The predicted molar refractivity (Wildman–Crippen MR) is 91.8 cm³/mol. The van der Waals surface area contributed by atoms with E-state index in [9.17, 15) is 0 Å². The van der Waals surface area contributed by atoms with Crippen LogP contribution in [0.1, 0.15) is 22.3 Å². The average molecular weight is 479 g/mol. The fourth-order valence-corrected chi connectivity index (χ4v) is 2.79. The van der Waals surface area contributed by atoms with E-state index in [0.29, 0.717) is 0 Å². The Morgan fingerprint density at radius 1 is 0.870 bits per heavy atom. The molecule has 0 amide bonds. The van der Waals surface area contributed by atoms with Crippen LogP contribution in [0.5, 0.6) is 0 Å². The molecule has 23 heavy (non-hydrogen) atoms. The summed E-state index contributed by atoms with van der Waals surface area (Å²) in [5, 5.41) is 0. The number of aryl methyl sites for hydroxylation is 4. The fraction of sp³-hybridized carbons (Fsp3) is 0.190. The second kappa shape index (κ2) is 8.19. The molecule has 2 heteroatoms. The van der Waals surface area contributed by atoms with Gasteiger partial charge in [0.05, 0.1) is 0 Å². The van der Waals surface area contributed by atoms with Crippen molar-refractivity contribution in [1.29, 1.82) is 0 Å². The van der Waals surface area contributed by atoms with E-state index in [-0.39, 0.29) is 20.1 Å². The van der Waals surface area contributed by atoms with Gasteiger partial charge in [0.1, 0.15) is 0 Å². The Balaban J connectivity index is 0.00000192. The van der Waals surface area contributed by atoms with Crippen LogP contribution in [-0.2, 0) is 32.9 Å². The van der Waals surface area contributed by atoms with Gasteiger partial charge in [-0.25, -0.2) is 0 Å². The summed E-state index contributed by atoms with van der Waals surface area (Å²) in [5.41, 5.74) is 7.38. The number of pyridine rings is 1. The Bertz CT molecular complexity index is 728. The first-order valence-corrected chi connectivity index (χ1v) is 7.70. The van der Waals surface area contributed by atoms with E-state index in [1.807, 2.05) is 30.5 Å². The molecule has 0 fully saturated rings. The summed E-state index contributed by atoms with van der Waals surface area (Å²) < 4.78 is 0. The summed E-state index contributed by atoms with van der Waals surface area (Å²) in [6.45, 7) is 4.31. The molecule has 119 valence electrons. The molecule has 0 aliphatic heterocycles. The molecule has 1 radical (unpaired) electrons. The molecule has 2 aromatic carbocycles. The Hall–Kier alpha value is -1.76. The van der Waals surface area contributed by atoms with Crippen LogP contribution >= 0.6 is 0 Å². The average Bonchev–Trinajstić information content (AvgIpc) is 2.53. The summed E-state index contributed by atoms with van der Waals surface area (Å²) in [5.74, 6) is 0. The smallest absolute Gasteiger partial charge is 0.0192 e. The maximum absolute atomic E-state index is 4.57. The zero-order valence-electron chi connectivity index (χ0n) is 13.5. The van der Waals surface area contributed by atoms with Gasteiger partial charge in [-0.3, -0.25) is 0 Å². The SMILES string of the molecule is Cc1cc(C)cc(CCc2ccc(-c3[c-]cccc3)nc2)c1.[Ir]. The van der Waals surface area contributed by atoms with Crippen molar-refractivity contribution in [3.8, 4) is 11.3 Å². The van der Waals surface area contributed by atoms with Crippen molar-refractivity contribution < 1.29 is 20.1 Å². The molecule has 1 aromatic heterocycles. The number of hydrogen-bond donors (Lipinski definition) is 0. The number of nitrogens with zero attached hydrogens (tertiary/aromatic N) is 1. The Kier molecular flexibility index (Phi) is 6.27. The first-order valence-electron chi connectivity index (χ1n) is 7.70. The molecule has 3 aromatic rings. The van der Waals surface area contributed by atoms with E-state index in [4.69, 9.17) is 0 Å². The minimum Gasteiger partial charge on any atom is -0.304 e. The molecule has 0 N–H and O–H groups in total. The first kappa shape index (κ1) is 17.6. The zero-order valence-corrected chi connectivity index (χ0v) is 15.9. The largest absolute Gasteiger partial charge is 0.304 e. The molecule has 1 heterocycles. The van der Waals surface area contributed by atoms with Gasteiger partial charge in [-0.15, -0.1) is 35.9 Å². The van der Waals surface area contributed by atoms with Gasteiger partial charge in [-0.1, -0.05) is 41.5 Å². The van der Waals surface area contributed by atoms with E-state index in [2.05, 4.69) is 55.2 Å². The third-order valence-electron chi connectivity index (χ3n) is 3.79. The van der Waals surface area contributed by atoms with Crippen LogP contribution in [0.2, 0.25) is 0 Å². The van der Waals surface area contributed by atoms with Crippen LogP contribution in [0, 0.1) is 19.9 Å². The second-order valence-electron chi connectivity index (χ2n) is 5.82. The minimum absolute atomic E-state index is 0. The van der Waals surface area contributed by atoms with Gasteiger partial charge in [0.2, 0.25) is 0 Å². The molecule has 0 unspecified atom stereocenters. The van der Waals surface area contributed by atoms with Gasteiger partial charge in [0, 0.05) is 26.3 Å². The Morgan fingerprint density at radius 3 is 2.22 bits per heavy atom. The standard InChI is InChI=1S/C21H20N.Ir/c1-16-12-17(2)14-19(13-16)9-8-18-10-11-21(22-15-18)20-6-4-3-5-7-20;/h3-6,10-15H,8-9H2,1-2H3;/q-1;. The number of benzene rings is 2. The van der Waals surface area contributed by atoms with Gasteiger partial charge >= 0.3 is 0 Å². The molecule has 0 saturated heterocycles. The fourth-order valence-electron chi connectivity index (χ4n) is 2.79. The van der Waals surface area contributed by atoms with Gasteiger partial charge in [0.15, 0.2) is 0 Å². The number of aromatic nitrogens is 1. The maximum atomic E-state index is 4.57. The molecule has 0 saturated carbocycles. The van der Waals surface area contributed by atoms with Crippen LogP contribution in [0.3, 0.4) is 0 Å². The monoisotopic (exact) mass is 479 g/mol. The molecule has 0 aliphatic carbocycles. The van der Waals surface area contributed by atoms with Crippen LogP contribution in [0.15, 0.2) is 60.8 Å². The maximum Gasteiger partial charge on any atom is 0.0192 e. The predicted octanol–water partition coefficient (Wildman–Crippen LogP) is 4.95. The van der Waals surface area contributed by atoms with Crippen molar-refractivity contribution in [2.45, 2.75) is 26.7 Å². The third-order valence-corrected chi connectivity index (χ3v) is 3.79. The van der Waals surface area contributed by atoms with Crippen LogP contribution in [0.25, 0.3) is 11.3 Å². The van der Waals surface area contributed by atoms with Crippen LogP contribution < -0.4 is 0 Å². The second-order valence-corrected chi connectivity index (χ2v) is 5.82. The normalized spacial score (nSPS) is 10.2. The van der Waals surface area contributed by atoms with Crippen molar-refractivity contribution in [1.82, 2.24) is 4.98 Å². The molecule has 1 nitrogen and oxygen atoms in total. The molecule has 0 atom stereocenters. The molecular formula is C21H20IrN-. The van der Waals surface area contributed by atoms with Crippen molar-refractivity contribution in [2.75, 3.05) is 0 Å². The van der Waals surface area contributed by atoms with Crippen molar-refractivity contribution in [3.63, 3.8) is 0 Å². The number of hydrogen-bond acceptors (Lipinski definition) is 1. The van der Waals surface area contributed by atoms with E-state index in [0.717, 1.165) is 24.1 Å². The van der Waals surface area contributed by atoms with Crippen LogP contribution in [-0.4, -0.2) is 4.98 Å². The molecule has 3 rings (SSSR count). The van der Waals surface area contributed by atoms with Gasteiger partial charge in [-0.2, -0.15) is 0 Å². The van der Waals surface area contributed by atoms with E-state index < -0.39 is 0 Å². The van der Waals surface area contributed by atoms with E-state index in [1.54, 1.807) is 0 Å². The minimum atomic E-state index is 0. The van der Waals surface area contributed by atoms with Gasteiger partial charge < -0.3 is 4.98 Å². The summed E-state index contributed by atoms with van der Waals surface area (Å²) in [7, 11) is 0. The van der Waals surface area contributed by atoms with Gasteiger partial charge in [-0.05, 0) is 43.5 Å². The summed E-state index contributed by atoms with van der Waals surface area (Å²) in [6.07, 6.45) is 4.06. The zero-order chi connectivity index (χ0) is 15.4. The summed E-state index contributed by atoms with van der Waals surface area (Å²) in [6, 6.07) is 22.2. The van der Waals surface area contributed by atoms with E-state index >= 15 is 0 Å². The van der Waals surface area contributed by atoms with Crippen LogP contribution in [0.4, 0.5) is 0 Å². The van der Waals surface area contributed by atoms with Gasteiger partial charge in [0.25, 0.3) is 0 Å². The Labute approximate surface area is 152 Å². The first-order chi connectivity index (χ1) is 10.7. The quantitative estimate of drug-likeness (QED) is 0.484. The summed E-state index contributed by atoms with van der Waals surface area (Å²) in [4.78, 5) is 4.57. The third kappa shape index (κ3) is 4.86. The Morgan fingerprint density at radius 2 is 1.61 bits per heavy atom. The molecule has 0 aliphatic rings.